The summed E-state index contributed by atoms with van der Waals surface area (Å²) in [7, 11) is 0. The average molecular weight is 326 g/mol. The summed E-state index contributed by atoms with van der Waals surface area (Å²) in [6.45, 7) is 6.46. The number of aryl methyl sites for hydroxylation is 2. The summed E-state index contributed by atoms with van der Waals surface area (Å²) in [4.78, 5) is 16.3. The van der Waals surface area contributed by atoms with Crippen molar-refractivity contribution >= 4 is 29.7 Å². The van der Waals surface area contributed by atoms with E-state index in [9.17, 15) is 4.79 Å². The van der Waals surface area contributed by atoms with Crippen LogP contribution >= 0.6 is 23.7 Å². The summed E-state index contributed by atoms with van der Waals surface area (Å²) in [6.07, 6.45) is 0. The topological polar surface area (TPSA) is 68.0 Å². The Morgan fingerprint density at radius 3 is 2.71 bits per heavy atom. The van der Waals surface area contributed by atoms with Gasteiger partial charge in [0, 0.05) is 11.9 Å². The highest BCUT2D eigenvalue weighted by atomic mass is 35.5. The van der Waals surface area contributed by atoms with E-state index in [1.54, 1.807) is 5.38 Å². The molecule has 0 fully saturated rings. The van der Waals surface area contributed by atoms with Crippen molar-refractivity contribution in [2.75, 3.05) is 0 Å². The zero-order chi connectivity index (χ0) is 14.7. The van der Waals surface area contributed by atoms with Gasteiger partial charge < -0.3 is 11.1 Å². The van der Waals surface area contributed by atoms with Gasteiger partial charge in [-0.1, -0.05) is 23.8 Å². The van der Waals surface area contributed by atoms with E-state index in [-0.39, 0.29) is 24.4 Å². The first-order valence-electron chi connectivity index (χ1n) is 6.53. The first-order valence-corrected chi connectivity index (χ1v) is 7.41. The molecule has 114 valence electrons. The van der Waals surface area contributed by atoms with Gasteiger partial charge in [-0.15, -0.1) is 23.7 Å². The molecule has 0 bridgehead atoms. The molecule has 6 heteroatoms. The van der Waals surface area contributed by atoms with E-state index in [0.717, 1.165) is 10.6 Å². The monoisotopic (exact) mass is 325 g/mol. The number of thiazole rings is 1. The molecular formula is C15H20ClN3OS. The molecule has 2 rings (SSSR count). The molecule has 0 aliphatic carbocycles. The predicted octanol–water partition coefficient (Wildman–Crippen LogP) is 3.13. The van der Waals surface area contributed by atoms with Crippen LogP contribution in [0.15, 0.2) is 23.6 Å². The smallest absolute Gasteiger partial charge is 0.271 e. The number of nitrogens with one attached hydrogen (secondary N) is 1. The minimum atomic E-state index is -0.159. The molecule has 1 aromatic heterocycles. The number of aromatic nitrogens is 1. The molecule has 4 nitrogen and oxygen atoms in total. The molecule has 0 radical (unpaired) electrons. The zero-order valence-corrected chi connectivity index (χ0v) is 14.0. The fraction of sp³-hybridized carbons (Fsp3) is 0.333. The molecule has 0 saturated heterocycles. The van der Waals surface area contributed by atoms with Gasteiger partial charge in [0.25, 0.3) is 5.91 Å². The molecule has 3 N–H and O–H groups in total. The van der Waals surface area contributed by atoms with Gasteiger partial charge in [-0.2, -0.15) is 0 Å². The first kappa shape index (κ1) is 17.6. The Labute approximate surface area is 135 Å². The van der Waals surface area contributed by atoms with Gasteiger partial charge in [-0.25, -0.2) is 4.98 Å². The fourth-order valence-corrected chi connectivity index (χ4v) is 2.82. The standard InChI is InChI=1S/C15H19N3OS.ClH/c1-9-4-5-12(10(2)6-9)11(3)17-15(19)13-8-20-14(7-16)18-13;/h4-6,8,11H,7,16H2,1-3H3,(H,17,19);1H. The molecule has 1 heterocycles. The van der Waals surface area contributed by atoms with Crippen molar-refractivity contribution in [3.05, 3.63) is 51.0 Å². The number of nitrogens with two attached hydrogens (primary N) is 1. The van der Waals surface area contributed by atoms with Crippen LogP contribution in [0.2, 0.25) is 0 Å². The molecule has 0 saturated carbocycles. The molecule has 1 aromatic carbocycles. The molecule has 0 spiro atoms. The molecular weight excluding hydrogens is 306 g/mol. The normalized spacial score (nSPS) is 11.6. The van der Waals surface area contributed by atoms with Gasteiger partial charge >= 0.3 is 0 Å². The van der Waals surface area contributed by atoms with Crippen LogP contribution in [0.25, 0.3) is 0 Å². The van der Waals surface area contributed by atoms with Gasteiger partial charge in [0.2, 0.25) is 0 Å². The number of amides is 1. The van der Waals surface area contributed by atoms with Gasteiger partial charge in [0.05, 0.1) is 6.04 Å². The molecule has 1 unspecified atom stereocenters. The van der Waals surface area contributed by atoms with Crippen molar-refractivity contribution in [2.24, 2.45) is 5.73 Å². The second-order valence-electron chi connectivity index (χ2n) is 4.89. The molecule has 1 amide bonds. The lowest BCUT2D eigenvalue weighted by Crippen LogP contribution is -2.27. The average Bonchev–Trinajstić information content (AvgIpc) is 2.87. The third-order valence-corrected chi connectivity index (χ3v) is 4.07. The minimum absolute atomic E-state index is 0. The van der Waals surface area contributed by atoms with Crippen molar-refractivity contribution in [1.29, 1.82) is 0 Å². The van der Waals surface area contributed by atoms with Crippen LogP contribution in [0.3, 0.4) is 0 Å². The third kappa shape index (κ3) is 4.27. The second kappa shape index (κ2) is 7.54. The zero-order valence-electron chi connectivity index (χ0n) is 12.3. The number of halogens is 1. The van der Waals surface area contributed by atoms with E-state index in [4.69, 9.17) is 5.73 Å². The Morgan fingerprint density at radius 1 is 1.43 bits per heavy atom. The Hall–Kier alpha value is -1.43. The van der Waals surface area contributed by atoms with Crippen LogP contribution < -0.4 is 11.1 Å². The summed E-state index contributed by atoms with van der Waals surface area (Å²) < 4.78 is 0. The van der Waals surface area contributed by atoms with Crippen LogP contribution in [0.4, 0.5) is 0 Å². The number of carbonyl (C=O) groups excluding carboxylic acids is 1. The van der Waals surface area contributed by atoms with Crippen LogP contribution in [0, 0.1) is 13.8 Å². The lowest BCUT2D eigenvalue weighted by molar-refractivity contribution is 0.0935. The highest BCUT2D eigenvalue weighted by molar-refractivity contribution is 7.09. The van der Waals surface area contributed by atoms with Gasteiger partial charge in [-0.3, -0.25) is 4.79 Å². The van der Waals surface area contributed by atoms with Crippen molar-refractivity contribution in [3.63, 3.8) is 0 Å². The van der Waals surface area contributed by atoms with Gasteiger partial charge in [-0.05, 0) is 31.9 Å². The van der Waals surface area contributed by atoms with E-state index in [0.29, 0.717) is 12.2 Å². The summed E-state index contributed by atoms with van der Waals surface area (Å²) in [5.74, 6) is -0.159. The number of hydrogen-bond acceptors (Lipinski definition) is 4. The number of nitrogens with zero attached hydrogens (tertiary/aromatic N) is 1. The van der Waals surface area contributed by atoms with E-state index in [1.807, 2.05) is 6.92 Å². The summed E-state index contributed by atoms with van der Waals surface area (Å²) in [5.41, 5.74) is 9.46. The van der Waals surface area contributed by atoms with Crippen LogP contribution in [0.5, 0.6) is 0 Å². The quantitative estimate of drug-likeness (QED) is 0.907. The third-order valence-electron chi connectivity index (χ3n) is 3.20. The lowest BCUT2D eigenvalue weighted by Gasteiger charge is -2.16. The van der Waals surface area contributed by atoms with Crippen molar-refractivity contribution in [1.82, 2.24) is 10.3 Å². The molecule has 0 aliphatic rings. The maximum atomic E-state index is 12.1. The highest BCUT2D eigenvalue weighted by Gasteiger charge is 2.15. The predicted molar refractivity (Wildman–Crippen MR) is 89.1 cm³/mol. The van der Waals surface area contributed by atoms with Crippen LogP contribution in [0.1, 0.15) is 45.2 Å². The second-order valence-corrected chi connectivity index (χ2v) is 5.83. The fourth-order valence-electron chi connectivity index (χ4n) is 2.17. The van der Waals surface area contributed by atoms with Crippen molar-refractivity contribution < 1.29 is 4.79 Å². The van der Waals surface area contributed by atoms with Crippen molar-refractivity contribution in [2.45, 2.75) is 33.4 Å². The number of benzene rings is 1. The Balaban J connectivity index is 0.00000220. The summed E-state index contributed by atoms with van der Waals surface area (Å²) >= 11 is 1.41. The van der Waals surface area contributed by atoms with Crippen molar-refractivity contribution in [3.8, 4) is 0 Å². The molecule has 0 aliphatic heterocycles. The summed E-state index contributed by atoms with van der Waals surface area (Å²) in [5, 5.41) is 5.49. The molecule has 1 atom stereocenters. The highest BCUT2D eigenvalue weighted by Crippen LogP contribution is 2.19. The Morgan fingerprint density at radius 2 is 2.14 bits per heavy atom. The maximum Gasteiger partial charge on any atom is 0.271 e. The van der Waals surface area contributed by atoms with E-state index in [1.165, 1.54) is 22.5 Å². The Kier molecular flexibility index (Phi) is 6.33. The number of hydrogen-bond donors (Lipinski definition) is 2. The van der Waals surface area contributed by atoms with Crippen LogP contribution in [-0.2, 0) is 6.54 Å². The largest absolute Gasteiger partial charge is 0.344 e. The SMILES string of the molecule is Cc1ccc(C(C)NC(=O)c2csc(CN)n2)c(C)c1.Cl. The first-order chi connectivity index (χ1) is 9.51. The van der Waals surface area contributed by atoms with E-state index in [2.05, 4.69) is 42.3 Å². The van der Waals surface area contributed by atoms with Gasteiger partial charge in [0.15, 0.2) is 0 Å². The summed E-state index contributed by atoms with van der Waals surface area (Å²) in [6, 6.07) is 6.18. The number of carbonyl (C=O) groups is 1. The van der Waals surface area contributed by atoms with Crippen LogP contribution in [-0.4, -0.2) is 10.9 Å². The molecule has 21 heavy (non-hydrogen) atoms. The molecule has 2 aromatic rings. The van der Waals surface area contributed by atoms with E-state index >= 15 is 0 Å². The van der Waals surface area contributed by atoms with Gasteiger partial charge in [0.1, 0.15) is 10.7 Å². The van der Waals surface area contributed by atoms with E-state index < -0.39 is 0 Å². The maximum absolute atomic E-state index is 12.1. The lowest BCUT2D eigenvalue weighted by atomic mass is 10.0. The minimum Gasteiger partial charge on any atom is -0.344 e. The Bertz CT molecular complexity index is 627. The number of rotatable bonds is 4.